The van der Waals surface area contributed by atoms with E-state index in [9.17, 15) is 0 Å². The van der Waals surface area contributed by atoms with Gasteiger partial charge in [-0.15, -0.1) is 11.3 Å². The van der Waals surface area contributed by atoms with E-state index in [2.05, 4.69) is 10.2 Å². The van der Waals surface area contributed by atoms with Gasteiger partial charge in [0.05, 0.1) is 9.21 Å². The highest BCUT2D eigenvalue weighted by atomic mass is 35.5. The summed E-state index contributed by atoms with van der Waals surface area (Å²) in [6.07, 6.45) is 0.826. The SMILES string of the molecule is NCCc1cc(-c2ccc(Cl)s2)n[nH]1. The molecule has 0 aliphatic rings. The zero-order chi connectivity index (χ0) is 9.97. The van der Waals surface area contributed by atoms with Crippen molar-refractivity contribution in [1.82, 2.24) is 10.2 Å². The van der Waals surface area contributed by atoms with Crippen LogP contribution in [0.25, 0.3) is 10.6 Å². The Balaban J connectivity index is 2.24. The lowest BCUT2D eigenvalue weighted by atomic mass is 10.2. The molecule has 0 atom stereocenters. The molecule has 0 aromatic carbocycles. The monoisotopic (exact) mass is 227 g/mol. The van der Waals surface area contributed by atoms with Crippen LogP contribution in [0, 0.1) is 0 Å². The molecule has 74 valence electrons. The lowest BCUT2D eigenvalue weighted by molar-refractivity contribution is 0.902. The fourth-order valence-electron chi connectivity index (χ4n) is 1.22. The van der Waals surface area contributed by atoms with Crippen molar-refractivity contribution in [2.24, 2.45) is 5.73 Å². The summed E-state index contributed by atoms with van der Waals surface area (Å²) in [7, 11) is 0. The molecule has 2 heterocycles. The quantitative estimate of drug-likeness (QED) is 0.846. The van der Waals surface area contributed by atoms with Gasteiger partial charge >= 0.3 is 0 Å². The van der Waals surface area contributed by atoms with Crippen LogP contribution in [0.3, 0.4) is 0 Å². The number of nitrogens with two attached hydrogens (primary N) is 1. The number of H-pyrrole nitrogens is 1. The van der Waals surface area contributed by atoms with Gasteiger partial charge < -0.3 is 5.73 Å². The number of nitrogens with zero attached hydrogens (tertiary/aromatic N) is 1. The first kappa shape index (κ1) is 9.71. The molecule has 0 unspecified atom stereocenters. The first-order valence-corrected chi connectivity index (χ1v) is 5.49. The number of aromatic amines is 1. The maximum Gasteiger partial charge on any atom is 0.102 e. The normalized spacial score (nSPS) is 10.7. The first-order valence-electron chi connectivity index (χ1n) is 4.29. The zero-order valence-corrected chi connectivity index (χ0v) is 9.03. The van der Waals surface area contributed by atoms with E-state index in [1.165, 1.54) is 11.3 Å². The second kappa shape index (κ2) is 4.13. The molecule has 3 nitrogen and oxygen atoms in total. The number of rotatable bonds is 3. The molecule has 0 spiro atoms. The van der Waals surface area contributed by atoms with E-state index in [-0.39, 0.29) is 0 Å². The molecule has 0 fully saturated rings. The molecule has 14 heavy (non-hydrogen) atoms. The van der Waals surface area contributed by atoms with Crippen LogP contribution in [0.5, 0.6) is 0 Å². The molecule has 0 saturated carbocycles. The van der Waals surface area contributed by atoms with E-state index in [1.54, 1.807) is 0 Å². The second-order valence-corrected chi connectivity index (χ2v) is 4.64. The Morgan fingerprint density at radius 1 is 1.50 bits per heavy atom. The van der Waals surface area contributed by atoms with Gasteiger partial charge in [0.25, 0.3) is 0 Å². The zero-order valence-electron chi connectivity index (χ0n) is 7.46. The van der Waals surface area contributed by atoms with Crippen LogP contribution in [0.15, 0.2) is 18.2 Å². The summed E-state index contributed by atoms with van der Waals surface area (Å²) in [5.41, 5.74) is 7.44. The van der Waals surface area contributed by atoms with Crippen LogP contribution in [-0.4, -0.2) is 16.7 Å². The van der Waals surface area contributed by atoms with E-state index in [0.717, 1.165) is 27.0 Å². The molecule has 0 aliphatic heterocycles. The Morgan fingerprint density at radius 3 is 3.00 bits per heavy atom. The highest BCUT2D eigenvalue weighted by Crippen LogP contribution is 2.29. The van der Waals surface area contributed by atoms with Gasteiger partial charge in [0.15, 0.2) is 0 Å². The molecule has 0 radical (unpaired) electrons. The Morgan fingerprint density at radius 2 is 2.36 bits per heavy atom. The lowest BCUT2D eigenvalue weighted by Gasteiger charge is -1.87. The molecule has 0 aliphatic carbocycles. The number of thiophene rings is 1. The maximum absolute atomic E-state index is 5.84. The third-order valence-electron chi connectivity index (χ3n) is 1.87. The van der Waals surface area contributed by atoms with E-state index in [0.29, 0.717) is 6.54 Å². The van der Waals surface area contributed by atoms with Crippen LogP contribution in [0.4, 0.5) is 0 Å². The summed E-state index contributed by atoms with van der Waals surface area (Å²) < 4.78 is 0.781. The lowest BCUT2D eigenvalue weighted by Crippen LogP contribution is -2.02. The minimum Gasteiger partial charge on any atom is -0.330 e. The Bertz CT molecular complexity index is 421. The summed E-state index contributed by atoms with van der Waals surface area (Å²) in [6.45, 7) is 0.632. The molecule has 0 saturated heterocycles. The summed E-state index contributed by atoms with van der Waals surface area (Å²) >= 11 is 7.36. The van der Waals surface area contributed by atoms with Gasteiger partial charge in [-0.1, -0.05) is 11.6 Å². The van der Waals surface area contributed by atoms with Gasteiger partial charge in [-0.05, 0) is 24.7 Å². The van der Waals surface area contributed by atoms with Gasteiger partial charge in [-0.25, -0.2) is 0 Å². The van der Waals surface area contributed by atoms with E-state index >= 15 is 0 Å². The van der Waals surface area contributed by atoms with Crippen molar-refractivity contribution in [3.05, 3.63) is 28.2 Å². The minimum absolute atomic E-state index is 0.632. The van der Waals surface area contributed by atoms with Crippen LogP contribution in [0.2, 0.25) is 4.34 Å². The second-order valence-electron chi connectivity index (χ2n) is 2.92. The Kier molecular flexibility index (Phi) is 2.86. The molecule has 2 aromatic rings. The third kappa shape index (κ3) is 1.97. The fraction of sp³-hybridized carbons (Fsp3) is 0.222. The van der Waals surface area contributed by atoms with E-state index < -0.39 is 0 Å². The molecule has 2 aromatic heterocycles. The predicted octanol–water partition coefficient (Wildman–Crippen LogP) is 2.29. The fourth-order valence-corrected chi connectivity index (χ4v) is 2.23. The average molecular weight is 228 g/mol. The largest absolute Gasteiger partial charge is 0.330 e. The van der Waals surface area contributed by atoms with Crippen LogP contribution < -0.4 is 5.73 Å². The number of hydrogen-bond acceptors (Lipinski definition) is 3. The van der Waals surface area contributed by atoms with Gasteiger partial charge in [-0.3, -0.25) is 5.10 Å². The molecule has 5 heteroatoms. The van der Waals surface area contributed by atoms with Crippen LogP contribution in [0.1, 0.15) is 5.69 Å². The molecule has 2 rings (SSSR count). The average Bonchev–Trinajstić information content (AvgIpc) is 2.74. The van der Waals surface area contributed by atoms with Crippen LogP contribution >= 0.6 is 22.9 Å². The molecular weight excluding hydrogens is 218 g/mol. The molecular formula is C9H10ClN3S. The molecule has 0 bridgehead atoms. The van der Waals surface area contributed by atoms with Gasteiger partial charge in [-0.2, -0.15) is 5.10 Å². The van der Waals surface area contributed by atoms with Crippen molar-refractivity contribution in [1.29, 1.82) is 0 Å². The maximum atomic E-state index is 5.84. The van der Waals surface area contributed by atoms with Crippen molar-refractivity contribution in [3.63, 3.8) is 0 Å². The minimum atomic E-state index is 0.632. The van der Waals surface area contributed by atoms with Crippen molar-refractivity contribution in [2.45, 2.75) is 6.42 Å². The summed E-state index contributed by atoms with van der Waals surface area (Å²) in [5.74, 6) is 0. The molecule has 3 N–H and O–H groups in total. The van der Waals surface area contributed by atoms with Crippen LogP contribution in [-0.2, 0) is 6.42 Å². The Labute approximate surface area is 90.9 Å². The van der Waals surface area contributed by atoms with Crippen molar-refractivity contribution >= 4 is 22.9 Å². The number of nitrogens with one attached hydrogen (secondary N) is 1. The summed E-state index contributed by atoms with van der Waals surface area (Å²) in [5, 5.41) is 7.14. The van der Waals surface area contributed by atoms with Crippen molar-refractivity contribution < 1.29 is 0 Å². The topological polar surface area (TPSA) is 54.7 Å². The molecule has 0 amide bonds. The third-order valence-corrected chi connectivity index (χ3v) is 3.12. The van der Waals surface area contributed by atoms with E-state index in [1.807, 2.05) is 18.2 Å². The highest BCUT2D eigenvalue weighted by molar-refractivity contribution is 7.19. The number of halogens is 1. The smallest absolute Gasteiger partial charge is 0.102 e. The van der Waals surface area contributed by atoms with Crippen molar-refractivity contribution in [3.8, 4) is 10.6 Å². The van der Waals surface area contributed by atoms with Gasteiger partial charge in [0.2, 0.25) is 0 Å². The number of aromatic nitrogens is 2. The Hall–Kier alpha value is -0.840. The predicted molar refractivity (Wildman–Crippen MR) is 59.7 cm³/mol. The van der Waals surface area contributed by atoms with Gasteiger partial charge in [0.1, 0.15) is 5.69 Å². The van der Waals surface area contributed by atoms with Crippen molar-refractivity contribution in [2.75, 3.05) is 6.54 Å². The van der Waals surface area contributed by atoms with Gasteiger partial charge in [0, 0.05) is 12.1 Å². The van der Waals surface area contributed by atoms with E-state index in [4.69, 9.17) is 17.3 Å². The number of hydrogen-bond donors (Lipinski definition) is 2. The summed E-state index contributed by atoms with van der Waals surface area (Å²) in [6, 6.07) is 5.85. The first-order chi connectivity index (χ1) is 6.79. The summed E-state index contributed by atoms with van der Waals surface area (Å²) in [4.78, 5) is 1.08. The standard InChI is InChI=1S/C9H10ClN3S/c10-9-2-1-8(14-9)7-5-6(3-4-11)12-13-7/h1-2,5H,3-4,11H2,(H,12,13). The highest BCUT2D eigenvalue weighted by Gasteiger charge is 2.05.